The van der Waals surface area contributed by atoms with Crippen LogP contribution in [0.4, 0.5) is 0 Å². The van der Waals surface area contributed by atoms with Crippen molar-refractivity contribution in [2.45, 2.75) is 5.50 Å². The van der Waals surface area contributed by atoms with Crippen LogP contribution in [-0.2, 0) is 0 Å². The first-order valence-corrected chi connectivity index (χ1v) is 4.91. The second-order valence-corrected chi connectivity index (χ2v) is 3.63. The van der Waals surface area contributed by atoms with Gasteiger partial charge in [-0.15, -0.1) is 11.6 Å². The Labute approximate surface area is 83.6 Å². The van der Waals surface area contributed by atoms with Gasteiger partial charge in [0.05, 0.1) is 0 Å². The molecule has 1 atom stereocenters. The van der Waals surface area contributed by atoms with Crippen LogP contribution in [0.2, 0.25) is 0 Å². The zero-order valence-electron chi connectivity index (χ0n) is 7.36. The van der Waals surface area contributed by atoms with Crippen LogP contribution in [0, 0.1) is 0 Å². The zero-order valence-corrected chi connectivity index (χ0v) is 8.11. The Kier molecular flexibility index (Phi) is 2.67. The highest BCUT2D eigenvalue weighted by atomic mass is 35.5. The summed E-state index contributed by atoms with van der Waals surface area (Å²) in [5, 5.41) is 0. The number of rotatable bonds is 3. The van der Waals surface area contributed by atoms with Gasteiger partial charge in [-0.3, -0.25) is 4.90 Å². The van der Waals surface area contributed by atoms with Gasteiger partial charge in [-0.25, -0.2) is 0 Å². The molecule has 0 aliphatic carbocycles. The maximum Gasteiger partial charge on any atom is 0.104 e. The van der Waals surface area contributed by atoms with Crippen LogP contribution < -0.4 is 0 Å². The van der Waals surface area contributed by atoms with Crippen molar-refractivity contribution in [1.82, 2.24) is 4.90 Å². The molecule has 1 heterocycles. The molecule has 1 aliphatic rings. The van der Waals surface area contributed by atoms with Crippen LogP contribution in [0.15, 0.2) is 36.4 Å². The van der Waals surface area contributed by atoms with Gasteiger partial charge >= 0.3 is 0 Å². The van der Waals surface area contributed by atoms with Crippen molar-refractivity contribution < 1.29 is 0 Å². The predicted molar refractivity (Wildman–Crippen MR) is 56.7 cm³/mol. The van der Waals surface area contributed by atoms with Crippen LogP contribution in [-0.4, -0.2) is 23.5 Å². The largest absolute Gasteiger partial charge is 0.282 e. The molecule has 2 rings (SSSR count). The third-order valence-electron chi connectivity index (χ3n) is 2.08. The van der Waals surface area contributed by atoms with Crippen molar-refractivity contribution in [1.29, 1.82) is 0 Å². The Morgan fingerprint density at radius 2 is 1.92 bits per heavy atom. The van der Waals surface area contributed by atoms with Crippen molar-refractivity contribution in [2.75, 3.05) is 13.1 Å². The summed E-state index contributed by atoms with van der Waals surface area (Å²) < 4.78 is 0. The van der Waals surface area contributed by atoms with E-state index >= 15 is 0 Å². The third-order valence-corrected chi connectivity index (χ3v) is 2.50. The highest BCUT2D eigenvalue weighted by Crippen LogP contribution is 2.16. The molecule has 2 heteroatoms. The van der Waals surface area contributed by atoms with E-state index in [0.717, 1.165) is 13.1 Å². The number of halogens is 1. The molecule has 0 saturated carbocycles. The lowest BCUT2D eigenvalue weighted by molar-refractivity contribution is 0.583. The SMILES string of the molecule is ClC(/C=C/c1ccccc1)N1CC1. The molecular weight excluding hydrogens is 182 g/mol. The summed E-state index contributed by atoms with van der Waals surface area (Å²) >= 11 is 6.07. The molecule has 1 aliphatic heterocycles. The second-order valence-electron chi connectivity index (χ2n) is 3.18. The fourth-order valence-electron chi connectivity index (χ4n) is 1.18. The summed E-state index contributed by atoms with van der Waals surface area (Å²) in [6, 6.07) is 10.2. The molecule has 1 saturated heterocycles. The van der Waals surface area contributed by atoms with Gasteiger partial charge < -0.3 is 0 Å². The summed E-state index contributed by atoms with van der Waals surface area (Å²) in [5.74, 6) is 0. The van der Waals surface area contributed by atoms with Crippen LogP contribution in [0.5, 0.6) is 0 Å². The summed E-state index contributed by atoms with van der Waals surface area (Å²) in [4.78, 5) is 2.20. The van der Waals surface area contributed by atoms with Crippen LogP contribution in [0.1, 0.15) is 5.56 Å². The normalized spacial score (nSPS) is 19.2. The monoisotopic (exact) mass is 193 g/mol. The number of hydrogen-bond acceptors (Lipinski definition) is 1. The molecule has 0 N–H and O–H groups in total. The number of hydrogen-bond donors (Lipinski definition) is 0. The fourth-order valence-corrected chi connectivity index (χ4v) is 1.45. The maximum atomic E-state index is 6.07. The molecule has 0 amide bonds. The molecule has 0 bridgehead atoms. The lowest BCUT2D eigenvalue weighted by atomic mass is 10.2. The van der Waals surface area contributed by atoms with Gasteiger partial charge in [0.25, 0.3) is 0 Å². The van der Waals surface area contributed by atoms with Gasteiger partial charge in [0.2, 0.25) is 0 Å². The lowest BCUT2D eigenvalue weighted by Crippen LogP contribution is -2.06. The molecule has 0 radical (unpaired) electrons. The highest BCUT2D eigenvalue weighted by Gasteiger charge is 2.22. The quantitative estimate of drug-likeness (QED) is 0.405. The van der Waals surface area contributed by atoms with Crippen LogP contribution >= 0.6 is 11.6 Å². The van der Waals surface area contributed by atoms with E-state index in [1.807, 2.05) is 24.3 Å². The first kappa shape index (κ1) is 8.79. The van der Waals surface area contributed by atoms with E-state index in [9.17, 15) is 0 Å². The molecule has 0 aromatic heterocycles. The second kappa shape index (κ2) is 3.95. The number of benzene rings is 1. The minimum Gasteiger partial charge on any atom is -0.282 e. The minimum atomic E-state index is 0.0696. The van der Waals surface area contributed by atoms with E-state index in [2.05, 4.69) is 23.1 Å². The Morgan fingerprint density at radius 3 is 2.54 bits per heavy atom. The number of alkyl halides is 1. The van der Waals surface area contributed by atoms with Gasteiger partial charge in [-0.05, 0) is 5.56 Å². The van der Waals surface area contributed by atoms with E-state index in [1.54, 1.807) is 0 Å². The van der Waals surface area contributed by atoms with Crippen molar-refractivity contribution in [3.8, 4) is 0 Å². The first-order valence-electron chi connectivity index (χ1n) is 4.47. The average molecular weight is 194 g/mol. The molecule has 68 valence electrons. The van der Waals surface area contributed by atoms with Crippen LogP contribution in [0.3, 0.4) is 0 Å². The summed E-state index contributed by atoms with van der Waals surface area (Å²) in [7, 11) is 0. The van der Waals surface area contributed by atoms with Gasteiger partial charge in [0.1, 0.15) is 5.50 Å². The fraction of sp³-hybridized carbons (Fsp3) is 0.273. The van der Waals surface area contributed by atoms with E-state index in [1.165, 1.54) is 5.56 Å². The first-order chi connectivity index (χ1) is 6.36. The summed E-state index contributed by atoms with van der Waals surface area (Å²) in [5.41, 5.74) is 1.27. The van der Waals surface area contributed by atoms with Crippen molar-refractivity contribution in [2.24, 2.45) is 0 Å². The van der Waals surface area contributed by atoms with E-state index < -0.39 is 0 Å². The smallest absolute Gasteiger partial charge is 0.104 e. The molecule has 13 heavy (non-hydrogen) atoms. The van der Waals surface area contributed by atoms with Gasteiger partial charge in [-0.1, -0.05) is 42.5 Å². The Hall–Kier alpha value is -0.790. The average Bonchev–Trinajstić information content (AvgIpc) is 2.99. The van der Waals surface area contributed by atoms with Crippen molar-refractivity contribution >= 4 is 17.7 Å². The molecule has 1 aromatic rings. The Balaban J connectivity index is 1.96. The van der Waals surface area contributed by atoms with Gasteiger partial charge in [0.15, 0.2) is 0 Å². The third kappa shape index (κ3) is 2.58. The Morgan fingerprint density at radius 1 is 1.23 bits per heavy atom. The van der Waals surface area contributed by atoms with E-state index in [0.29, 0.717) is 0 Å². The lowest BCUT2D eigenvalue weighted by Gasteiger charge is -2.02. The molecular formula is C11H12ClN. The highest BCUT2D eigenvalue weighted by molar-refractivity contribution is 6.21. The van der Waals surface area contributed by atoms with Gasteiger partial charge in [-0.2, -0.15) is 0 Å². The molecule has 1 unspecified atom stereocenters. The zero-order chi connectivity index (χ0) is 9.10. The van der Waals surface area contributed by atoms with Crippen LogP contribution in [0.25, 0.3) is 6.08 Å². The van der Waals surface area contributed by atoms with Gasteiger partial charge in [0, 0.05) is 13.1 Å². The summed E-state index contributed by atoms with van der Waals surface area (Å²) in [6.07, 6.45) is 4.10. The molecule has 0 spiro atoms. The minimum absolute atomic E-state index is 0.0696. The topological polar surface area (TPSA) is 3.01 Å². The van der Waals surface area contributed by atoms with Crippen molar-refractivity contribution in [3.63, 3.8) is 0 Å². The number of nitrogens with zero attached hydrogens (tertiary/aromatic N) is 1. The molecule has 1 fully saturated rings. The molecule has 1 aromatic carbocycles. The van der Waals surface area contributed by atoms with Crippen molar-refractivity contribution in [3.05, 3.63) is 42.0 Å². The molecule has 1 nitrogen and oxygen atoms in total. The Bertz CT molecular complexity index is 290. The maximum absolute atomic E-state index is 6.07. The van der Waals surface area contributed by atoms with E-state index in [4.69, 9.17) is 11.6 Å². The van der Waals surface area contributed by atoms with E-state index in [-0.39, 0.29) is 5.50 Å². The standard InChI is InChI=1S/C11H12ClN/c12-11(13-8-9-13)7-6-10-4-2-1-3-5-10/h1-7,11H,8-9H2/b7-6+. The predicted octanol–water partition coefficient (Wildman–Crippen LogP) is 2.58. The summed E-state index contributed by atoms with van der Waals surface area (Å²) in [6.45, 7) is 2.26.